The molecule has 0 atom stereocenters. The van der Waals surface area contributed by atoms with Crippen LogP contribution in [0.3, 0.4) is 0 Å². The predicted molar refractivity (Wildman–Crippen MR) is 93.2 cm³/mol. The molecule has 0 aliphatic carbocycles. The number of halogens is 3. The summed E-state index contributed by atoms with van der Waals surface area (Å²) < 4.78 is 39.2. The first-order valence-corrected chi connectivity index (χ1v) is 8.09. The lowest BCUT2D eigenvalue weighted by Gasteiger charge is -2.06. The minimum atomic E-state index is -4.54. The molecule has 3 heterocycles. The molecule has 1 aliphatic rings. The SMILES string of the molecule is Cc1ccc(-c2c(C)nn3c2N=C(c2ccc(C(F)(F)F)nc2)C3=O)cc1. The van der Waals surface area contributed by atoms with E-state index in [1.165, 1.54) is 10.7 Å². The number of aromatic nitrogens is 3. The number of fused-ring (bicyclic) bond motifs is 1. The molecule has 4 rings (SSSR count). The fraction of sp³-hybridized carbons (Fsp3) is 0.158. The van der Waals surface area contributed by atoms with Gasteiger partial charge in [0, 0.05) is 17.3 Å². The van der Waals surface area contributed by atoms with Crippen molar-refractivity contribution >= 4 is 17.4 Å². The van der Waals surface area contributed by atoms with Crippen molar-refractivity contribution < 1.29 is 18.0 Å². The van der Waals surface area contributed by atoms with Crippen molar-refractivity contribution in [1.29, 1.82) is 0 Å². The van der Waals surface area contributed by atoms with Crippen LogP contribution in [0.1, 0.15) is 27.3 Å². The van der Waals surface area contributed by atoms with E-state index in [2.05, 4.69) is 15.1 Å². The van der Waals surface area contributed by atoms with Crippen LogP contribution in [0.15, 0.2) is 47.6 Å². The Labute approximate surface area is 152 Å². The summed E-state index contributed by atoms with van der Waals surface area (Å²) in [6.45, 7) is 3.75. The standard InChI is InChI=1S/C19H13F3N4O/c1-10-3-5-12(6-4-10)15-11(2)25-26-17(15)24-16(18(26)27)13-7-8-14(23-9-13)19(20,21)22/h3-9H,1-2H3. The first-order chi connectivity index (χ1) is 12.8. The molecule has 3 aromatic rings. The smallest absolute Gasteiger partial charge is 0.265 e. The molecule has 0 spiro atoms. The van der Waals surface area contributed by atoms with Crippen molar-refractivity contribution in [3.05, 3.63) is 65.1 Å². The highest BCUT2D eigenvalue weighted by Gasteiger charge is 2.34. The maximum absolute atomic E-state index is 12.7. The number of rotatable bonds is 2. The molecule has 0 amide bonds. The molecule has 27 heavy (non-hydrogen) atoms. The number of hydrogen-bond acceptors (Lipinski definition) is 4. The van der Waals surface area contributed by atoms with E-state index in [0.717, 1.165) is 29.0 Å². The Kier molecular flexibility index (Phi) is 3.73. The molecule has 136 valence electrons. The first-order valence-electron chi connectivity index (χ1n) is 8.09. The van der Waals surface area contributed by atoms with Crippen LogP contribution < -0.4 is 0 Å². The van der Waals surface area contributed by atoms with Gasteiger partial charge in [-0.2, -0.15) is 23.0 Å². The average Bonchev–Trinajstić information content (AvgIpc) is 3.11. The second kappa shape index (κ2) is 5.87. The van der Waals surface area contributed by atoms with Crippen molar-refractivity contribution in [1.82, 2.24) is 14.8 Å². The molecule has 0 N–H and O–H groups in total. The molecule has 0 saturated carbocycles. The summed E-state index contributed by atoms with van der Waals surface area (Å²) in [5, 5.41) is 4.26. The number of pyridine rings is 1. The molecule has 0 bridgehead atoms. The van der Waals surface area contributed by atoms with Gasteiger partial charge in [-0.3, -0.25) is 9.78 Å². The zero-order valence-electron chi connectivity index (χ0n) is 14.4. The first kappa shape index (κ1) is 17.1. The average molecular weight is 370 g/mol. The van der Waals surface area contributed by atoms with Gasteiger partial charge in [0.15, 0.2) is 5.82 Å². The number of nitrogens with zero attached hydrogens (tertiary/aromatic N) is 4. The van der Waals surface area contributed by atoms with Gasteiger partial charge in [-0.25, -0.2) is 4.99 Å². The van der Waals surface area contributed by atoms with Crippen LogP contribution >= 0.6 is 0 Å². The third kappa shape index (κ3) is 2.83. The van der Waals surface area contributed by atoms with Crippen molar-refractivity contribution in [2.75, 3.05) is 0 Å². The quantitative estimate of drug-likeness (QED) is 0.674. The van der Waals surface area contributed by atoms with Crippen molar-refractivity contribution in [2.45, 2.75) is 20.0 Å². The summed E-state index contributed by atoms with van der Waals surface area (Å²) in [4.78, 5) is 20.4. The number of carbonyl (C=O) groups is 1. The monoisotopic (exact) mass is 370 g/mol. The number of hydrogen-bond donors (Lipinski definition) is 0. The number of aryl methyl sites for hydroxylation is 2. The highest BCUT2D eigenvalue weighted by Crippen LogP contribution is 2.37. The van der Waals surface area contributed by atoms with Gasteiger partial charge in [-0.1, -0.05) is 29.8 Å². The Morgan fingerprint density at radius 2 is 1.63 bits per heavy atom. The maximum atomic E-state index is 12.7. The fourth-order valence-corrected chi connectivity index (χ4v) is 2.96. The minimum Gasteiger partial charge on any atom is -0.265 e. The Bertz CT molecular complexity index is 1080. The minimum absolute atomic E-state index is 0.0205. The predicted octanol–water partition coefficient (Wildman–Crippen LogP) is 4.36. The second-order valence-electron chi connectivity index (χ2n) is 6.26. The zero-order valence-corrected chi connectivity index (χ0v) is 14.4. The van der Waals surface area contributed by atoms with Gasteiger partial charge in [-0.05, 0) is 31.5 Å². The lowest BCUT2D eigenvalue weighted by molar-refractivity contribution is -0.141. The van der Waals surface area contributed by atoms with E-state index in [1.54, 1.807) is 6.92 Å². The van der Waals surface area contributed by atoms with Gasteiger partial charge < -0.3 is 0 Å². The Morgan fingerprint density at radius 3 is 2.22 bits per heavy atom. The van der Waals surface area contributed by atoms with Crippen LogP contribution in [0.25, 0.3) is 11.1 Å². The largest absolute Gasteiger partial charge is 0.433 e. The van der Waals surface area contributed by atoms with Gasteiger partial charge in [0.2, 0.25) is 0 Å². The van der Waals surface area contributed by atoms with Gasteiger partial charge in [-0.15, -0.1) is 0 Å². The van der Waals surface area contributed by atoms with E-state index in [9.17, 15) is 18.0 Å². The van der Waals surface area contributed by atoms with Gasteiger partial charge >= 0.3 is 6.18 Å². The molecule has 1 aromatic carbocycles. The van der Waals surface area contributed by atoms with E-state index in [0.29, 0.717) is 11.5 Å². The molecule has 0 saturated heterocycles. The van der Waals surface area contributed by atoms with E-state index in [1.807, 2.05) is 31.2 Å². The van der Waals surface area contributed by atoms with Crippen LogP contribution in [0, 0.1) is 13.8 Å². The normalized spacial score (nSPS) is 13.7. The Hall–Kier alpha value is -3.29. The fourth-order valence-electron chi connectivity index (χ4n) is 2.96. The summed E-state index contributed by atoms with van der Waals surface area (Å²) in [7, 11) is 0. The topological polar surface area (TPSA) is 60.1 Å². The van der Waals surface area contributed by atoms with Crippen LogP contribution in [0.5, 0.6) is 0 Å². The van der Waals surface area contributed by atoms with E-state index < -0.39 is 17.8 Å². The van der Waals surface area contributed by atoms with Crippen LogP contribution in [-0.4, -0.2) is 26.4 Å². The number of aliphatic imine (C=N–C) groups is 1. The molecular weight excluding hydrogens is 357 g/mol. The molecule has 0 radical (unpaired) electrons. The molecule has 8 heteroatoms. The van der Waals surface area contributed by atoms with Crippen molar-refractivity contribution in [2.24, 2.45) is 4.99 Å². The van der Waals surface area contributed by atoms with Crippen LogP contribution in [0.4, 0.5) is 19.0 Å². The lowest BCUT2D eigenvalue weighted by Crippen LogP contribution is -2.19. The summed E-state index contributed by atoms with van der Waals surface area (Å²) in [6.07, 6.45) is -3.53. The zero-order chi connectivity index (χ0) is 19.3. The van der Waals surface area contributed by atoms with Gasteiger partial charge in [0.25, 0.3) is 5.91 Å². The summed E-state index contributed by atoms with van der Waals surface area (Å²) >= 11 is 0. The van der Waals surface area contributed by atoms with Crippen LogP contribution in [0.2, 0.25) is 0 Å². The second-order valence-corrected chi connectivity index (χ2v) is 6.26. The molecule has 5 nitrogen and oxygen atoms in total. The van der Waals surface area contributed by atoms with Crippen molar-refractivity contribution in [3.63, 3.8) is 0 Å². The Balaban J connectivity index is 1.78. The number of benzene rings is 1. The highest BCUT2D eigenvalue weighted by molar-refractivity contribution is 6.48. The summed E-state index contributed by atoms with van der Waals surface area (Å²) in [5.74, 6) is -0.121. The Morgan fingerprint density at radius 1 is 0.963 bits per heavy atom. The van der Waals surface area contributed by atoms with E-state index in [-0.39, 0.29) is 11.3 Å². The number of alkyl halides is 3. The molecule has 2 aromatic heterocycles. The lowest BCUT2D eigenvalue weighted by atomic mass is 10.0. The third-order valence-corrected chi connectivity index (χ3v) is 4.32. The molecule has 0 unspecified atom stereocenters. The van der Waals surface area contributed by atoms with Gasteiger partial charge in [0.1, 0.15) is 11.4 Å². The van der Waals surface area contributed by atoms with E-state index in [4.69, 9.17) is 0 Å². The summed E-state index contributed by atoms with van der Waals surface area (Å²) in [5.41, 5.74) is 2.54. The molecular formula is C19H13F3N4O. The van der Waals surface area contributed by atoms with Crippen molar-refractivity contribution in [3.8, 4) is 11.1 Å². The number of carbonyl (C=O) groups excluding carboxylic acids is 1. The van der Waals surface area contributed by atoms with Crippen LogP contribution in [-0.2, 0) is 6.18 Å². The highest BCUT2D eigenvalue weighted by atomic mass is 19.4. The molecule has 1 aliphatic heterocycles. The maximum Gasteiger partial charge on any atom is 0.433 e. The third-order valence-electron chi connectivity index (χ3n) is 4.32. The van der Waals surface area contributed by atoms with E-state index >= 15 is 0 Å². The summed E-state index contributed by atoms with van der Waals surface area (Å²) in [6, 6.07) is 9.74. The van der Waals surface area contributed by atoms with Gasteiger partial charge in [0.05, 0.1) is 5.69 Å². The molecule has 0 fully saturated rings.